The molecule has 0 unspecified atom stereocenters. The minimum absolute atomic E-state index is 0.504. The molecule has 0 aliphatic rings. The summed E-state index contributed by atoms with van der Waals surface area (Å²) in [4.78, 5) is 8.53. The quantitative estimate of drug-likeness (QED) is 0.623. The van der Waals surface area contributed by atoms with Crippen LogP contribution in [-0.4, -0.2) is 15.7 Å². The zero-order valence-electron chi connectivity index (χ0n) is 8.18. The lowest BCUT2D eigenvalue weighted by Gasteiger charge is -2.04. The summed E-state index contributed by atoms with van der Waals surface area (Å²) in [6.45, 7) is 4.08. The summed E-state index contributed by atoms with van der Waals surface area (Å²) in [5.41, 5.74) is 0.900. The van der Waals surface area contributed by atoms with Crippen LogP contribution in [0.4, 0.5) is 0 Å². The number of nitrogens with zero attached hydrogens (tertiary/aromatic N) is 2. The van der Waals surface area contributed by atoms with E-state index in [0.717, 1.165) is 27.5 Å². The first-order valence-corrected chi connectivity index (χ1v) is 6.74. The van der Waals surface area contributed by atoms with Gasteiger partial charge in [-0.25, -0.2) is 9.97 Å². The van der Waals surface area contributed by atoms with Crippen LogP contribution in [0.3, 0.4) is 0 Å². The molecule has 0 spiro atoms. The van der Waals surface area contributed by atoms with Gasteiger partial charge in [0.25, 0.3) is 0 Å². The van der Waals surface area contributed by atoms with Crippen LogP contribution in [0.1, 0.15) is 24.9 Å². The average molecular weight is 296 g/mol. The fourth-order valence-electron chi connectivity index (χ4n) is 0.952. The Morgan fingerprint density at radius 1 is 1.43 bits per heavy atom. The smallest absolute Gasteiger partial charge is 0.147 e. The summed E-state index contributed by atoms with van der Waals surface area (Å²) < 4.78 is 0.795. The maximum atomic E-state index is 5.92. The molecular weight excluding hydrogens is 284 g/mol. The maximum absolute atomic E-state index is 5.92. The second kappa shape index (κ2) is 5.93. The van der Waals surface area contributed by atoms with E-state index in [1.54, 1.807) is 0 Å². The lowest BCUT2D eigenvalue weighted by molar-refractivity contribution is 0.982. The fraction of sp³-hybridized carbons (Fsp3) is 0.556. The van der Waals surface area contributed by atoms with Crippen molar-refractivity contribution >= 4 is 39.3 Å². The van der Waals surface area contributed by atoms with Crippen molar-refractivity contribution in [3.63, 3.8) is 0 Å². The van der Waals surface area contributed by atoms with Crippen LogP contribution in [0.15, 0.2) is 4.47 Å². The molecule has 1 heterocycles. The summed E-state index contributed by atoms with van der Waals surface area (Å²) >= 11 is 11.1. The van der Waals surface area contributed by atoms with Gasteiger partial charge in [-0.05, 0) is 35.0 Å². The lowest BCUT2D eigenvalue weighted by atomic mass is 10.4. The topological polar surface area (TPSA) is 25.8 Å². The highest BCUT2D eigenvalue weighted by Crippen LogP contribution is 2.23. The molecule has 0 radical (unpaired) electrons. The summed E-state index contributed by atoms with van der Waals surface area (Å²) in [7, 11) is 0. The van der Waals surface area contributed by atoms with Gasteiger partial charge in [0.1, 0.15) is 11.0 Å². The monoisotopic (exact) mass is 294 g/mol. The Kier molecular flexibility index (Phi) is 5.20. The zero-order valence-corrected chi connectivity index (χ0v) is 11.3. The van der Waals surface area contributed by atoms with E-state index in [2.05, 4.69) is 32.8 Å². The van der Waals surface area contributed by atoms with E-state index >= 15 is 0 Å². The molecule has 1 rings (SSSR count). The van der Waals surface area contributed by atoms with E-state index < -0.39 is 0 Å². The van der Waals surface area contributed by atoms with Gasteiger partial charge in [-0.1, -0.05) is 18.5 Å². The van der Waals surface area contributed by atoms with E-state index in [4.69, 9.17) is 11.6 Å². The predicted octanol–water partition coefficient (Wildman–Crippen LogP) is 3.84. The molecule has 0 fully saturated rings. The second-order valence-corrected chi connectivity index (χ2v) is 5.14. The van der Waals surface area contributed by atoms with Crippen molar-refractivity contribution in [3.05, 3.63) is 21.1 Å². The van der Waals surface area contributed by atoms with E-state index in [-0.39, 0.29) is 0 Å². The number of thioether (sulfide) groups is 1. The maximum Gasteiger partial charge on any atom is 0.147 e. The van der Waals surface area contributed by atoms with Crippen LogP contribution in [0, 0.1) is 6.92 Å². The first-order chi connectivity index (χ1) is 6.65. The molecule has 0 atom stereocenters. The van der Waals surface area contributed by atoms with Gasteiger partial charge >= 0.3 is 0 Å². The second-order valence-electron chi connectivity index (χ2n) is 2.88. The van der Waals surface area contributed by atoms with Crippen molar-refractivity contribution < 1.29 is 0 Å². The van der Waals surface area contributed by atoms with Gasteiger partial charge in [-0.2, -0.15) is 11.8 Å². The van der Waals surface area contributed by atoms with E-state index in [0.29, 0.717) is 5.15 Å². The van der Waals surface area contributed by atoms with Crippen molar-refractivity contribution in [2.75, 3.05) is 5.75 Å². The third-order valence-electron chi connectivity index (χ3n) is 1.60. The van der Waals surface area contributed by atoms with Gasteiger partial charge in [-0.15, -0.1) is 0 Å². The molecule has 2 nitrogen and oxygen atoms in total. The van der Waals surface area contributed by atoms with Crippen LogP contribution in [0.25, 0.3) is 0 Å². The third kappa shape index (κ3) is 3.41. The van der Waals surface area contributed by atoms with Crippen molar-refractivity contribution in [1.82, 2.24) is 9.97 Å². The summed E-state index contributed by atoms with van der Waals surface area (Å²) in [5, 5.41) is 0.504. The highest BCUT2D eigenvalue weighted by Gasteiger charge is 2.06. The van der Waals surface area contributed by atoms with E-state index in [1.807, 2.05) is 18.7 Å². The number of hydrogen-bond donors (Lipinski definition) is 0. The van der Waals surface area contributed by atoms with Crippen LogP contribution >= 0.6 is 39.3 Å². The highest BCUT2D eigenvalue weighted by molar-refractivity contribution is 9.10. The van der Waals surface area contributed by atoms with Gasteiger partial charge in [0.15, 0.2) is 0 Å². The molecule has 0 saturated heterocycles. The molecule has 0 N–H and O–H groups in total. The zero-order chi connectivity index (χ0) is 10.6. The first-order valence-electron chi connectivity index (χ1n) is 4.41. The number of aryl methyl sites for hydroxylation is 1. The Hall–Kier alpha value is 0.200. The molecule has 0 bridgehead atoms. The summed E-state index contributed by atoms with van der Waals surface area (Å²) in [6.07, 6.45) is 1.17. The number of rotatable bonds is 4. The van der Waals surface area contributed by atoms with Gasteiger partial charge in [0.05, 0.1) is 15.9 Å². The molecule has 1 aromatic rings. The minimum Gasteiger partial charge on any atom is -0.236 e. The van der Waals surface area contributed by atoms with Crippen molar-refractivity contribution in [2.24, 2.45) is 0 Å². The highest BCUT2D eigenvalue weighted by atomic mass is 79.9. The van der Waals surface area contributed by atoms with Crippen LogP contribution < -0.4 is 0 Å². The Morgan fingerprint density at radius 2 is 2.14 bits per heavy atom. The summed E-state index contributed by atoms with van der Waals surface area (Å²) in [6, 6.07) is 0. The molecule has 78 valence electrons. The van der Waals surface area contributed by atoms with Crippen molar-refractivity contribution in [2.45, 2.75) is 26.0 Å². The molecule has 5 heteroatoms. The number of hydrogen-bond acceptors (Lipinski definition) is 3. The number of halogens is 2. The molecule has 14 heavy (non-hydrogen) atoms. The number of aromatic nitrogens is 2. The van der Waals surface area contributed by atoms with Crippen molar-refractivity contribution in [3.8, 4) is 0 Å². The average Bonchev–Trinajstić information content (AvgIpc) is 2.14. The lowest BCUT2D eigenvalue weighted by Crippen LogP contribution is -1.97. The Balaban J connectivity index is 2.69. The normalized spacial score (nSPS) is 10.6. The van der Waals surface area contributed by atoms with Crippen molar-refractivity contribution in [1.29, 1.82) is 0 Å². The van der Waals surface area contributed by atoms with E-state index in [1.165, 1.54) is 6.42 Å². The van der Waals surface area contributed by atoms with Gasteiger partial charge in [0, 0.05) is 0 Å². The predicted molar refractivity (Wildman–Crippen MR) is 65.9 cm³/mol. The molecule has 1 aromatic heterocycles. The minimum atomic E-state index is 0.504. The molecule has 0 aliphatic carbocycles. The molecule has 0 aliphatic heterocycles. The fourth-order valence-corrected chi connectivity index (χ4v) is 2.11. The van der Waals surface area contributed by atoms with Crippen LogP contribution in [0.2, 0.25) is 5.15 Å². The molecule has 0 aromatic carbocycles. The van der Waals surface area contributed by atoms with Gasteiger partial charge in [-0.3, -0.25) is 0 Å². The molecule has 0 saturated carbocycles. The molecular formula is C9H12BrClN2S. The van der Waals surface area contributed by atoms with Crippen LogP contribution in [0.5, 0.6) is 0 Å². The van der Waals surface area contributed by atoms with E-state index in [9.17, 15) is 0 Å². The molecule has 0 amide bonds. The van der Waals surface area contributed by atoms with Gasteiger partial charge in [0.2, 0.25) is 0 Å². The third-order valence-corrected chi connectivity index (χ3v) is 4.21. The van der Waals surface area contributed by atoms with Gasteiger partial charge < -0.3 is 0 Å². The van der Waals surface area contributed by atoms with Crippen LogP contribution in [-0.2, 0) is 5.75 Å². The SMILES string of the molecule is CCCSCc1nc(C)c(Br)c(Cl)n1. The first kappa shape index (κ1) is 12.3. The largest absolute Gasteiger partial charge is 0.236 e. The Morgan fingerprint density at radius 3 is 2.71 bits per heavy atom. The standard InChI is InChI=1S/C9H12BrClN2S/c1-3-4-14-5-7-12-6(2)8(10)9(11)13-7/h3-5H2,1-2H3. The summed E-state index contributed by atoms with van der Waals surface area (Å²) in [5.74, 6) is 2.78. The Bertz CT molecular complexity index is 297. The Labute approximate surface area is 102 Å².